The van der Waals surface area contributed by atoms with Crippen LogP contribution in [0.2, 0.25) is 0 Å². The van der Waals surface area contributed by atoms with Crippen LogP contribution in [0.25, 0.3) is 0 Å². The summed E-state index contributed by atoms with van der Waals surface area (Å²) < 4.78 is 41.9. The Morgan fingerprint density at radius 2 is 1.94 bits per heavy atom. The van der Waals surface area contributed by atoms with Gasteiger partial charge in [0.25, 0.3) is 0 Å². The lowest BCUT2D eigenvalue weighted by Gasteiger charge is -2.24. The molecule has 1 unspecified atom stereocenters. The van der Waals surface area contributed by atoms with E-state index < -0.39 is 5.51 Å². The van der Waals surface area contributed by atoms with Crippen LogP contribution in [-0.4, -0.2) is 25.2 Å². The van der Waals surface area contributed by atoms with E-state index in [-0.39, 0.29) is 22.8 Å². The number of nitrogens with one attached hydrogen (secondary N) is 1. The number of hydrogen-bond acceptors (Lipinski definition) is 3. The van der Waals surface area contributed by atoms with E-state index in [0.717, 1.165) is 12.1 Å². The van der Waals surface area contributed by atoms with Crippen LogP contribution in [-0.2, 0) is 4.74 Å². The van der Waals surface area contributed by atoms with Crippen molar-refractivity contribution >= 4 is 11.8 Å². The van der Waals surface area contributed by atoms with E-state index >= 15 is 0 Å². The fourth-order valence-electron chi connectivity index (χ4n) is 1.66. The zero-order valence-corrected chi connectivity index (χ0v) is 9.77. The molecule has 94 valence electrons. The number of hydrogen-bond donors (Lipinski definition) is 1. The molecule has 1 aliphatic heterocycles. The molecule has 1 atom stereocenters. The zero-order valence-electron chi connectivity index (χ0n) is 8.96. The fourth-order valence-corrected chi connectivity index (χ4v) is 2.20. The Morgan fingerprint density at radius 3 is 2.47 bits per heavy atom. The molecule has 0 amide bonds. The second-order valence-electron chi connectivity index (χ2n) is 3.68. The molecular formula is C11H12F3NOS. The van der Waals surface area contributed by atoms with Crippen molar-refractivity contribution < 1.29 is 17.9 Å². The smallest absolute Gasteiger partial charge is 0.371 e. The minimum atomic E-state index is -4.23. The highest BCUT2D eigenvalue weighted by Crippen LogP contribution is 2.37. The predicted octanol–water partition coefficient (Wildman–Crippen LogP) is 2.96. The maximum Gasteiger partial charge on any atom is 0.446 e. The van der Waals surface area contributed by atoms with Gasteiger partial charge in [0.1, 0.15) is 0 Å². The molecule has 6 heteroatoms. The average Bonchev–Trinajstić information content (AvgIpc) is 2.29. The minimum Gasteiger partial charge on any atom is -0.371 e. The molecular weight excluding hydrogens is 251 g/mol. The first kappa shape index (κ1) is 12.7. The lowest BCUT2D eigenvalue weighted by atomic mass is 10.1. The summed E-state index contributed by atoms with van der Waals surface area (Å²) in [4.78, 5) is 0.199. The maximum absolute atomic E-state index is 12.1. The minimum absolute atomic E-state index is 0.0614. The molecule has 17 heavy (non-hydrogen) atoms. The van der Waals surface area contributed by atoms with Gasteiger partial charge in [0, 0.05) is 18.0 Å². The van der Waals surface area contributed by atoms with Crippen LogP contribution in [0, 0.1) is 0 Å². The third-order valence-electron chi connectivity index (χ3n) is 2.41. The standard InChI is InChI=1S/C11H12F3NOS/c12-11(13,14)17-9-3-1-8(2-4-9)10-7-15-5-6-16-10/h1-4,10,15H,5-7H2. The van der Waals surface area contributed by atoms with Gasteiger partial charge in [-0.25, -0.2) is 0 Å². The van der Waals surface area contributed by atoms with E-state index in [1.54, 1.807) is 12.1 Å². The largest absolute Gasteiger partial charge is 0.446 e. The van der Waals surface area contributed by atoms with E-state index in [1.165, 1.54) is 12.1 Å². The number of ether oxygens (including phenoxy) is 1. The van der Waals surface area contributed by atoms with Gasteiger partial charge in [-0.1, -0.05) is 12.1 Å². The summed E-state index contributed by atoms with van der Waals surface area (Å²) in [6.45, 7) is 2.15. The molecule has 1 saturated heterocycles. The van der Waals surface area contributed by atoms with Gasteiger partial charge in [-0.3, -0.25) is 0 Å². The average molecular weight is 263 g/mol. The number of benzene rings is 1. The number of alkyl halides is 3. The number of halogens is 3. The summed E-state index contributed by atoms with van der Waals surface area (Å²) in [5, 5.41) is 3.18. The summed E-state index contributed by atoms with van der Waals surface area (Å²) >= 11 is -0.100. The molecule has 2 nitrogen and oxygen atoms in total. The van der Waals surface area contributed by atoms with Gasteiger partial charge in [0.05, 0.1) is 12.7 Å². The van der Waals surface area contributed by atoms with E-state index in [0.29, 0.717) is 13.2 Å². The van der Waals surface area contributed by atoms with Crippen molar-refractivity contribution in [2.75, 3.05) is 19.7 Å². The van der Waals surface area contributed by atoms with Gasteiger partial charge in [-0.15, -0.1) is 0 Å². The van der Waals surface area contributed by atoms with Crippen molar-refractivity contribution in [2.24, 2.45) is 0 Å². The SMILES string of the molecule is FC(F)(F)Sc1ccc(C2CNCCO2)cc1. The number of thioether (sulfide) groups is 1. The Bertz CT molecular complexity index is 360. The highest BCUT2D eigenvalue weighted by molar-refractivity contribution is 8.00. The molecule has 0 aliphatic carbocycles. The Hall–Kier alpha value is -0.720. The first-order valence-electron chi connectivity index (χ1n) is 5.22. The molecule has 1 N–H and O–H groups in total. The van der Waals surface area contributed by atoms with Crippen molar-refractivity contribution in [2.45, 2.75) is 16.5 Å². The normalized spacial score (nSPS) is 21.5. The number of morpholine rings is 1. The highest BCUT2D eigenvalue weighted by Gasteiger charge is 2.29. The Morgan fingerprint density at radius 1 is 1.24 bits per heavy atom. The molecule has 0 bridgehead atoms. The van der Waals surface area contributed by atoms with Crippen LogP contribution >= 0.6 is 11.8 Å². The van der Waals surface area contributed by atoms with E-state index in [4.69, 9.17) is 4.74 Å². The lowest BCUT2D eigenvalue weighted by molar-refractivity contribution is -0.0328. The van der Waals surface area contributed by atoms with Crippen molar-refractivity contribution in [1.29, 1.82) is 0 Å². The van der Waals surface area contributed by atoms with Crippen LogP contribution in [0.4, 0.5) is 13.2 Å². The van der Waals surface area contributed by atoms with Crippen LogP contribution in [0.3, 0.4) is 0 Å². The molecule has 1 heterocycles. The van der Waals surface area contributed by atoms with Crippen molar-refractivity contribution in [3.05, 3.63) is 29.8 Å². The van der Waals surface area contributed by atoms with E-state index in [9.17, 15) is 13.2 Å². The molecule has 0 saturated carbocycles. The van der Waals surface area contributed by atoms with Crippen LogP contribution < -0.4 is 5.32 Å². The summed E-state index contributed by atoms with van der Waals surface area (Å²) in [6.07, 6.45) is -0.0614. The summed E-state index contributed by atoms with van der Waals surface area (Å²) in [5.41, 5.74) is -3.33. The quantitative estimate of drug-likeness (QED) is 0.829. The number of rotatable bonds is 2. The van der Waals surface area contributed by atoms with Crippen molar-refractivity contribution in [3.8, 4) is 0 Å². The fraction of sp³-hybridized carbons (Fsp3) is 0.455. The third-order valence-corrected chi connectivity index (χ3v) is 3.15. The van der Waals surface area contributed by atoms with Crippen LogP contribution in [0.15, 0.2) is 29.2 Å². The van der Waals surface area contributed by atoms with E-state index in [2.05, 4.69) is 5.32 Å². The summed E-state index contributed by atoms with van der Waals surface area (Å²) in [6, 6.07) is 6.33. The van der Waals surface area contributed by atoms with Gasteiger partial charge >= 0.3 is 5.51 Å². The predicted molar refractivity (Wildman–Crippen MR) is 59.9 cm³/mol. The summed E-state index contributed by atoms with van der Waals surface area (Å²) in [7, 11) is 0. The monoisotopic (exact) mass is 263 g/mol. The third kappa shape index (κ3) is 3.90. The molecule has 2 rings (SSSR count). The Balaban J connectivity index is 2.02. The second-order valence-corrected chi connectivity index (χ2v) is 4.82. The highest BCUT2D eigenvalue weighted by atomic mass is 32.2. The molecule has 0 spiro atoms. The van der Waals surface area contributed by atoms with Gasteiger partial charge in [0.15, 0.2) is 0 Å². The van der Waals surface area contributed by atoms with Crippen LogP contribution in [0.5, 0.6) is 0 Å². The van der Waals surface area contributed by atoms with Crippen molar-refractivity contribution in [1.82, 2.24) is 5.32 Å². The molecule has 1 aromatic carbocycles. The van der Waals surface area contributed by atoms with Gasteiger partial charge in [-0.05, 0) is 29.5 Å². The maximum atomic E-state index is 12.1. The molecule has 1 aromatic rings. The van der Waals surface area contributed by atoms with E-state index in [1.807, 2.05) is 0 Å². The molecule has 1 fully saturated rings. The van der Waals surface area contributed by atoms with Gasteiger partial charge in [-0.2, -0.15) is 13.2 Å². The topological polar surface area (TPSA) is 21.3 Å². The zero-order chi connectivity index (χ0) is 12.3. The van der Waals surface area contributed by atoms with Crippen molar-refractivity contribution in [3.63, 3.8) is 0 Å². The molecule has 1 aliphatic rings. The first-order chi connectivity index (χ1) is 8.04. The van der Waals surface area contributed by atoms with Crippen LogP contribution in [0.1, 0.15) is 11.7 Å². The van der Waals surface area contributed by atoms with Gasteiger partial charge < -0.3 is 10.1 Å². The Labute approximate surface area is 102 Å². The molecule has 0 aromatic heterocycles. The second kappa shape index (κ2) is 5.29. The first-order valence-corrected chi connectivity index (χ1v) is 6.04. The Kier molecular flexibility index (Phi) is 3.96. The summed E-state index contributed by atoms with van der Waals surface area (Å²) in [5.74, 6) is 0. The lowest BCUT2D eigenvalue weighted by Crippen LogP contribution is -2.33. The molecule has 0 radical (unpaired) electrons. The van der Waals surface area contributed by atoms with Gasteiger partial charge in [0.2, 0.25) is 0 Å².